The molecule has 0 bridgehead atoms. The number of ether oxygens (including phenoxy) is 1. The third-order valence-corrected chi connectivity index (χ3v) is 6.66. The zero-order valence-electron chi connectivity index (χ0n) is 18.0. The summed E-state index contributed by atoms with van der Waals surface area (Å²) in [5, 5.41) is 3.41. The Morgan fingerprint density at radius 3 is 2.48 bits per heavy atom. The smallest absolute Gasteiger partial charge is 0.264 e. The van der Waals surface area contributed by atoms with Crippen LogP contribution in [0.4, 0.5) is 8.78 Å². The van der Waals surface area contributed by atoms with Crippen molar-refractivity contribution < 1.29 is 23.1 Å². The molecule has 2 unspecified atom stereocenters. The third-order valence-electron chi connectivity index (χ3n) is 6.16. The lowest BCUT2D eigenvalue weighted by Crippen LogP contribution is -2.48. The number of carbonyl (C=O) groups excluding carboxylic acids is 2. The highest BCUT2D eigenvalue weighted by molar-refractivity contribution is 6.35. The van der Waals surface area contributed by atoms with Crippen LogP contribution in [0.25, 0.3) is 0 Å². The van der Waals surface area contributed by atoms with E-state index in [0.717, 1.165) is 49.1 Å². The SMILES string of the molecule is CC1Oc2c(Cl)cc(Cl)cc2C(C(=O)NC2CCCCC2)N(Cc2c(F)cccc2F)C1=O. The lowest BCUT2D eigenvalue weighted by Gasteiger charge is -2.32. The summed E-state index contributed by atoms with van der Waals surface area (Å²) in [4.78, 5) is 28.1. The number of fused-ring (bicyclic) bond motifs is 1. The van der Waals surface area contributed by atoms with Crippen LogP contribution in [0.15, 0.2) is 30.3 Å². The van der Waals surface area contributed by atoms with Gasteiger partial charge in [-0.2, -0.15) is 0 Å². The zero-order valence-corrected chi connectivity index (χ0v) is 19.6. The quantitative estimate of drug-likeness (QED) is 0.601. The molecule has 1 N–H and O–H groups in total. The number of benzene rings is 2. The van der Waals surface area contributed by atoms with Gasteiger partial charge in [-0.1, -0.05) is 48.5 Å². The molecule has 1 saturated carbocycles. The first kappa shape index (κ1) is 23.8. The number of hydrogen-bond acceptors (Lipinski definition) is 3. The minimum absolute atomic E-state index is 0.0481. The van der Waals surface area contributed by atoms with Gasteiger partial charge in [-0.25, -0.2) is 8.78 Å². The van der Waals surface area contributed by atoms with Gasteiger partial charge >= 0.3 is 0 Å². The van der Waals surface area contributed by atoms with Gasteiger partial charge in [0.15, 0.2) is 6.10 Å². The number of carbonyl (C=O) groups is 2. The number of halogens is 4. The Bertz CT molecular complexity index is 1060. The van der Waals surface area contributed by atoms with Gasteiger partial charge in [-0.3, -0.25) is 9.59 Å². The first-order valence-corrected chi connectivity index (χ1v) is 11.7. The summed E-state index contributed by atoms with van der Waals surface area (Å²) in [6.45, 7) is 1.04. The molecule has 2 amide bonds. The molecular weight excluding hydrogens is 473 g/mol. The average Bonchev–Trinajstić information content (AvgIpc) is 2.87. The van der Waals surface area contributed by atoms with Crippen LogP contribution in [0.5, 0.6) is 5.75 Å². The Kier molecular flexibility index (Phi) is 7.10. The highest BCUT2D eigenvalue weighted by Crippen LogP contribution is 2.42. The van der Waals surface area contributed by atoms with Crippen molar-refractivity contribution in [3.05, 3.63) is 63.1 Å². The van der Waals surface area contributed by atoms with Crippen molar-refractivity contribution in [3.8, 4) is 5.75 Å². The predicted octanol–water partition coefficient (Wildman–Crippen LogP) is 5.57. The second-order valence-electron chi connectivity index (χ2n) is 8.48. The van der Waals surface area contributed by atoms with E-state index in [4.69, 9.17) is 27.9 Å². The van der Waals surface area contributed by atoms with Crippen LogP contribution in [0.3, 0.4) is 0 Å². The van der Waals surface area contributed by atoms with Crippen molar-refractivity contribution in [2.75, 3.05) is 0 Å². The first-order valence-electron chi connectivity index (χ1n) is 11.0. The summed E-state index contributed by atoms with van der Waals surface area (Å²) in [6.07, 6.45) is 3.70. The van der Waals surface area contributed by atoms with Crippen molar-refractivity contribution in [2.45, 2.75) is 63.8 Å². The van der Waals surface area contributed by atoms with Gasteiger partial charge in [0.05, 0.1) is 11.6 Å². The van der Waals surface area contributed by atoms with Gasteiger partial charge in [-0.15, -0.1) is 0 Å². The molecule has 1 heterocycles. The summed E-state index contributed by atoms with van der Waals surface area (Å²) in [7, 11) is 0. The van der Waals surface area contributed by atoms with Gasteiger partial charge in [0.25, 0.3) is 5.91 Å². The largest absolute Gasteiger partial charge is 0.479 e. The minimum Gasteiger partial charge on any atom is -0.479 e. The van der Waals surface area contributed by atoms with E-state index in [1.165, 1.54) is 25.1 Å². The fraction of sp³-hybridized carbons (Fsp3) is 0.417. The Balaban J connectivity index is 1.81. The Labute approximate surface area is 201 Å². The molecule has 0 radical (unpaired) electrons. The second-order valence-corrected chi connectivity index (χ2v) is 9.32. The molecule has 4 rings (SSSR count). The second kappa shape index (κ2) is 9.85. The molecule has 176 valence electrons. The van der Waals surface area contributed by atoms with Crippen LogP contribution in [-0.4, -0.2) is 28.9 Å². The molecule has 2 aromatic carbocycles. The highest BCUT2D eigenvalue weighted by Gasteiger charge is 2.41. The number of hydrogen-bond donors (Lipinski definition) is 1. The molecular formula is C24H24Cl2F2N2O3. The van der Waals surface area contributed by atoms with Gasteiger partial charge in [0.2, 0.25) is 5.91 Å². The topological polar surface area (TPSA) is 58.6 Å². The molecule has 2 atom stereocenters. The van der Waals surface area contributed by atoms with Crippen LogP contribution >= 0.6 is 23.2 Å². The number of rotatable bonds is 4. The molecule has 2 aromatic rings. The lowest BCUT2D eigenvalue weighted by atomic mass is 9.94. The van der Waals surface area contributed by atoms with E-state index in [1.807, 2.05) is 0 Å². The van der Waals surface area contributed by atoms with Crippen LogP contribution in [-0.2, 0) is 16.1 Å². The Morgan fingerprint density at radius 2 is 1.82 bits per heavy atom. The lowest BCUT2D eigenvalue weighted by molar-refractivity contribution is -0.145. The van der Waals surface area contributed by atoms with Crippen molar-refractivity contribution in [1.29, 1.82) is 0 Å². The molecule has 0 aromatic heterocycles. The normalized spacial score (nSPS) is 21.2. The van der Waals surface area contributed by atoms with Gasteiger partial charge in [0.1, 0.15) is 23.4 Å². The number of nitrogens with one attached hydrogen (secondary N) is 1. The fourth-order valence-electron chi connectivity index (χ4n) is 4.50. The predicted molar refractivity (Wildman–Crippen MR) is 121 cm³/mol. The van der Waals surface area contributed by atoms with E-state index in [-0.39, 0.29) is 33.0 Å². The maximum Gasteiger partial charge on any atom is 0.264 e. The van der Waals surface area contributed by atoms with Crippen molar-refractivity contribution in [1.82, 2.24) is 10.2 Å². The van der Waals surface area contributed by atoms with E-state index >= 15 is 0 Å². The molecule has 0 spiro atoms. The summed E-state index contributed by atoms with van der Waals surface area (Å²) in [6, 6.07) is 5.15. The van der Waals surface area contributed by atoms with Gasteiger partial charge < -0.3 is 15.0 Å². The summed E-state index contributed by atoms with van der Waals surface area (Å²) in [5.74, 6) is -2.52. The molecule has 5 nitrogen and oxygen atoms in total. The molecule has 2 aliphatic rings. The Hall–Kier alpha value is -2.38. The van der Waals surface area contributed by atoms with E-state index < -0.39 is 42.1 Å². The molecule has 33 heavy (non-hydrogen) atoms. The molecule has 1 fully saturated rings. The molecule has 1 aliphatic carbocycles. The van der Waals surface area contributed by atoms with Gasteiger partial charge in [-0.05, 0) is 44.0 Å². The maximum atomic E-state index is 14.5. The standard InChI is InChI=1S/C24H24Cl2F2N2O3/c1-13-24(32)30(12-17-19(27)8-5-9-20(17)28)21(23(31)29-15-6-3-2-4-7-15)16-10-14(25)11-18(26)22(16)33-13/h5,8-11,13,15,21H,2-4,6-7,12H2,1H3,(H,29,31). The third kappa shape index (κ3) is 4.94. The summed E-state index contributed by atoms with van der Waals surface area (Å²) >= 11 is 12.6. The number of nitrogens with zero attached hydrogens (tertiary/aromatic N) is 1. The van der Waals surface area contributed by atoms with Crippen LogP contribution in [0.1, 0.15) is 56.2 Å². The number of amides is 2. The fourth-order valence-corrected chi connectivity index (χ4v) is 5.05. The Morgan fingerprint density at radius 1 is 1.15 bits per heavy atom. The van der Waals surface area contributed by atoms with Crippen LogP contribution < -0.4 is 10.1 Å². The molecule has 9 heteroatoms. The van der Waals surface area contributed by atoms with E-state index in [2.05, 4.69) is 5.32 Å². The van der Waals surface area contributed by atoms with Crippen molar-refractivity contribution in [3.63, 3.8) is 0 Å². The van der Waals surface area contributed by atoms with Gasteiger partial charge in [0, 0.05) is 22.2 Å². The van der Waals surface area contributed by atoms with E-state index in [9.17, 15) is 18.4 Å². The minimum atomic E-state index is -1.23. The van der Waals surface area contributed by atoms with Crippen molar-refractivity contribution in [2.24, 2.45) is 0 Å². The van der Waals surface area contributed by atoms with Crippen LogP contribution in [0.2, 0.25) is 10.0 Å². The first-order chi connectivity index (χ1) is 15.8. The maximum absolute atomic E-state index is 14.5. The molecule has 1 aliphatic heterocycles. The van der Waals surface area contributed by atoms with Crippen molar-refractivity contribution >= 4 is 35.0 Å². The summed E-state index contributed by atoms with van der Waals surface area (Å²) < 4.78 is 34.8. The average molecular weight is 497 g/mol. The molecule has 0 saturated heterocycles. The highest BCUT2D eigenvalue weighted by atomic mass is 35.5. The monoisotopic (exact) mass is 496 g/mol. The summed E-state index contributed by atoms with van der Waals surface area (Å²) in [5.41, 5.74) is -0.0413. The van der Waals surface area contributed by atoms with E-state index in [0.29, 0.717) is 0 Å². The van der Waals surface area contributed by atoms with Crippen LogP contribution in [0, 0.1) is 11.6 Å². The zero-order chi connectivity index (χ0) is 23.7. The van der Waals surface area contributed by atoms with E-state index in [1.54, 1.807) is 0 Å².